The monoisotopic (exact) mass is 293 g/mol. The molecule has 0 fully saturated rings. The van der Waals surface area contributed by atoms with Gasteiger partial charge >= 0.3 is 6.09 Å². The Hall–Kier alpha value is -2.24. The van der Waals surface area contributed by atoms with Crippen molar-refractivity contribution in [3.05, 3.63) is 35.9 Å². The van der Waals surface area contributed by atoms with Crippen LogP contribution in [0.15, 0.2) is 35.5 Å². The number of carbonyl (C=O) groups is 1. The van der Waals surface area contributed by atoms with E-state index in [2.05, 4.69) is 5.16 Å². The second kappa shape index (κ2) is 7.52. The van der Waals surface area contributed by atoms with E-state index in [-0.39, 0.29) is 12.3 Å². The average Bonchev–Trinajstić information content (AvgIpc) is 2.42. The van der Waals surface area contributed by atoms with Crippen LogP contribution in [0.4, 0.5) is 4.79 Å². The Morgan fingerprint density at radius 1 is 1.33 bits per heavy atom. The number of hydrogen-bond acceptors (Lipinski definition) is 4. The van der Waals surface area contributed by atoms with E-state index < -0.39 is 11.7 Å². The van der Waals surface area contributed by atoms with Gasteiger partial charge in [0.1, 0.15) is 11.4 Å². The van der Waals surface area contributed by atoms with Gasteiger partial charge in [0, 0.05) is 19.5 Å². The minimum atomic E-state index is -0.567. The molecule has 0 heterocycles. The van der Waals surface area contributed by atoms with Crippen LogP contribution in [0.3, 0.4) is 0 Å². The highest BCUT2D eigenvalue weighted by molar-refractivity contribution is 5.80. The Kier molecular flexibility index (Phi) is 6.02. The van der Waals surface area contributed by atoms with Gasteiger partial charge in [0.05, 0.1) is 0 Å². The van der Waals surface area contributed by atoms with Crippen molar-refractivity contribution in [3.8, 4) is 0 Å². The van der Waals surface area contributed by atoms with Gasteiger partial charge in [-0.2, -0.15) is 0 Å². The van der Waals surface area contributed by atoms with E-state index in [1.807, 2.05) is 51.1 Å². The summed E-state index contributed by atoms with van der Waals surface area (Å²) in [6, 6.07) is 9.59. The Bertz CT molecular complexity index is 481. The standard InChI is InChI=1S/C15H23N3O3/c1-15(2,3)21-14(19)18(10-9-13(16)17-20)11-12-7-5-4-6-8-12/h4-8,20H,9-11H2,1-3H3,(H2,16,17). The van der Waals surface area contributed by atoms with Crippen LogP contribution in [0.25, 0.3) is 0 Å². The maximum absolute atomic E-state index is 12.2. The first-order chi connectivity index (χ1) is 9.81. The number of amides is 1. The van der Waals surface area contributed by atoms with Gasteiger partial charge in [-0.1, -0.05) is 35.5 Å². The normalized spacial score (nSPS) is 12.0. The molecule has 0 saturated carbocycles. The van der Waals surface area contributed by atoms with Gasteiger partial charge in [0.2, 0.25) is 0 Å². The molecule has 3 N–H and O–H groups in total. The van der Waals surface area contributed by atoms with Crippen molar-refractivity contribution in [1.29, 1.82) is 0 Å². The van der Waals surface area contributed by atoms with Crippen molar-refractivity contribution in [1.82, 2.24) is 4.90 Å². The lowest BCUT2D eigenvalue weighted by Gasteiger charge is -2.27. The summed E-state index contributed by atoms with van der Waals surface area (Å²) in [7, 11) is 0. The van der Waals surface area contributed by atoms with Crippen LogP contribution in [0.2, 0.25) is 0 Å². The molecule has 0 unspecified atom stereocenters. The molecule has 0 bridgehead atoms. The molecular weight excluding hydrogens is 270 g/mol. The third kappa shape index (κ3) is 6.65. The van der Waals surface area contributed by atoms with Crippen molar-refractivity contribution in [2.75, 3.05) is 6.54 Å². The summed E-state index contributed by atoms with van der Waals surface area (Å²) in [5, 5.41) is 11.5. The van der Waals surface area contributed by atoms with Gasteiger partial charge < -0.3 is 20.6 Å². The molecule has 0 spiro atoms. The Morgan fingerprint density at radius 2 is 1.95 bits per heavy atom. The molecule has 0 radical (unpaired) electrons. The molecule has 6 heteroatoms. The topological polar surface area (TPSA) is 88.2 Å². The highest BCUT2D eigenvalue weighted by atomic mass is 16.6. The van der Waals surface area contributed by atoms with E-state index in [1.54, 1.807) is 4.90 Å². The van der Waals surface area contributed by atoms with Gasteiger partial charge in [0.15, 0.2) is 0 Å². The molecule has 0 aliphatic heterocycles. The molecule has 116 valence electrons. The molecule has 1 aromatic rings. The van der Waals surface area contributed by atoms with Crippen LogP contribution in [0, 0.1) is 0 Å². The van der Waals surface area contributed by atoms with Gasteiger partial charge in [-0.15, -0.1) is 0 Å². The third-order valence-electron chi connectivity index (χ3n) is 2.63. The number of carbonyl (C=O) groups excluding carboxylic acids is 1. The van der Waals surface area contributed by atoms with Crippen LogP contribution in [0.5, 0.6) is 0 Å². The summed E-state index contributed by atoms with van der Waals surface area (Å²) in [5.74, 6) is 0.0802. The predicted molar refractivity (Wildman–Crippen MR) is 81.1 cm³/mol. The average molecular weight is 293 g/mol. The van der Waals surface area contributed by atoms with Crippen molar-refractivity contribution < 1.29 is 14.7 Å². The van der Waals surface area contributed by atoms with E-state index in [1.165, 1.54) is 0 Å². The van der Waals surface area contributed by atoms with E-state index >= 15 is 0 Å². The summed E-state index contributed by atoms with van der Waals surface area (Å²) in [6.07, 6.45) is -0.139. The number of rotatable bonds is 5. The van der Waals surface area contributed by atoms with Crippen LogP contribution in [0.1, 0.15) is 32.8 Å². The zero-order valence-electron chi connectivity index (χ0n) is 12.7. The van der Waals surface area contributed by atoms with E-state index in [4.69, 9.17) is 15.7 Å². The smallest absolute Gasteiger partial charge is 0.410 e. The quantitative estimate of drug-likeness (QED) is 0.378. The number of oxime groups is 1. The highest BCUT2D eigenvalue weighted by Crippen LogP contribution is 2.13. The van der Waals surface area contributed by atoms with E-state index in [9.17, 15) is 4.79 Å². The molecule has 0 atom stereocenters. The second-order valence-corrected chi connectivity index (χ2v) is 5.73. The lowest BCUT2D eigenvalue weighted by Crippen LogP contribution is -2.38. The van der Waals surface area contributed by atoms with Gasteiger partial charge in [-0.3, -0.25) is 0 Å². The van der Waals surface area contributed by atoms with Crippen molar-refractivity contribution in [3.63, 3.8) is 0 Å². The number of nitrogens with two attached hydrogens (primary N) is 1. The number of hydrogen-bond donors (Lipinski definition) is 2. The van der Waals surface area contributed by atoms with Crippen LogP contribution in [-0.2, 0) is 11.3 Å². The van der Waals surface area contributed by atoms with Crippen molar-refractivity contribution in [2.45, 2.75) is 39.3 Å². The predicted octanol–water partition coefficient (Wildman–Crippen LogP) is 2.56. The number of nitrogens with zero attached hydrogens (tertiary/aromatic N) is 2. The van der Waals surface area contributed by atoms with Crippen LogP contribution < -0.4 is 5.73 Å². The number of amidine groups is 1. The number of benzene rings is 1. The lowest BCUT2D eigenvalue weighted by atomic mass is 10.2. The first-order valence-corrected chi connectivity index (χ1v) is 6.80. The van der Waals surface area contributed by atoms with E-state index in [0.29, 0.717) is 13.1 Å². The van der Waals surface area contributed by atoms with E-state index in [0.717, 1.165) is 5.56 Å². The first-order valence-electron chi connectivity index (χ1n) is 6.80. The molecular formula is C15H23N3O3. The van der Waals surface area contributed by atoms with Gasteiger partial charge in [0.25, 0.3) is 0 Å². The zero-order chi connectivity index (χ0) is 15.9. The molecule has 0 aliphatic rings. The fourth-order valence-electron chi connectivity index (χ4n) is 1.66. The first kappa shape index (κ1) is 16.8. The Balaban J connectivity index is 2.76. The second-order valence-electron chi connectivity index (χ2n) is 5.73. The minimum Gasteiger partial charge on any atom is -0.444 e. The molecule has 1 aromatic carbocycles. The fraction of sp³-hybridized carbons (Fsp3) is 0.467. The molecule has 1 amide bonds. The zero-order valence-corrected chi connectivity index (χ0v) is 12.7. The molecule has 0 saturated heterocycles. The van der Waals surface area contributed by atoms with Crippen LogP contribution >= 0.6 is 0 Å². The summed E-state index contributed by atoms with van der Waals surface area (Å²) < 4.78 is 5.38. The van der Waals surface area contributed by atoms with Gasteiger partial charge in [-0.05, 0) is 26.3 Å². The number of ether oxygens (including phenoxy) is 1. The molecule has 1 rings (SSSR count). The van der Waals surface area contributed by atoms with Crippen LogP contribution in [-0.4, -0.2) is 34.2 Å². The van der Waals surface area contributed by atoms with Crippen molar-refractivity contribution in [2.24, 2.45) is 10.9 Å². The van der Waals surface area contributed by atoms with Gasteiger partial charge in [-0.25, -0.2) is 4.79 Å². The highest BCUT2D eigenvalue weighted by Gasteiger charge is 2.22. The van der Waals surface area contributed by atoms with Crippen molar-refractivity contribution >= 4 is 11.9 Å². The maximum atomic E-state index is 12.2. The Morgan fingerprint density at radius 3 is 2.48 bits per heavy atom. The fourth-order valence-corrected chi connectivity index (χ4v) is 1.66. The summed E-state index contributed by atoms with van der Waals surface area (Å²) in [4.78, 5) is 13.8. The lowest BCUT2D eigenvalue weighted by molar-refractivity contribution is 0.0238. The summed E-state index contributed by atoms with van der Waals surface area (Å²) in [5.41, 5.74) is 5.89. The molecule has 21 heavy (non-hydrogen) atoms. The SMILES string of the molecule is CC(C)(C)OC(=O)N(CCC(N)=NO)Cc1ccccc1. The largest absolute Gasteiger partial charge is 0.444 e. The maximum Gasteiger partial charge on any atom is 0.410 e. The molecule has 0 aromatic heterocycles. The third-order valence-corrected chi connectivity index (χ3v) is 2.63. The molecule has 6 nitrogen and oxygen atoms in total. The summed E-state index contributed by atoms with van der Waals surface area (Å²) in [6.45, 7) is 6.17. The minimum absolute atomic E-state index is 0.0802. The Labute approximate surface area is 125 Å². The molecule has 0 aliphatic carbocycles. The summed E-state index contributed by atoms with van der Waals surface area (Å²) >= 11 is 0.